The first-order valence-electron chi connectivity index (χ1n) is 6.54. The van der Waals surface area contributed by atoms with Crippen molar-refractivity contribution in [2.45, 2.75) is 31.8 Å². The minimum atomic E-state index is -0.160. The highest BCUT2D eigenvalue weighted by atomic mass is 32.1. The largest absolute Gasteiger partial charge is 0.382 e. The molecule has 1 aliphatic heterocycles. The summed E-state index contributed by atoms with van der Waals surface area (Å²) >= 11 is 1.26. The van der Waals surface area contributed by atoms with E-state index in [1.54, 1.807) is 7.05 Å². The van der Waals surface area contributed by atoms with Crippen LogP contribution in [0.1, 0.15) is 35.4 Å². The zero-order valence-electron chi connectivity index (χ0n) is 11.1. The van der Waals surface area contributed by atoms with E-state index in [-0.39, 0.29) is 17.8 Å². The van der Waals surface area contributed by atoms with E-state index in [9.17, 15) is 4.79 Å². The Morgan fingerprint density at radius 1 is 1.58 bits per heavy atom. The second-order valence-corrected chi connectivity index (χ2v) is 5.52. The summed E-state index contributed by atoms with van der Waals surface area (Å²) in [6.45, 7) is 1.45. The minimum absolute atomic E-state index is 0.160. The average molecular weight is 284 g/mol. The quantitative estimate of drug-likeness (QED) is 0.761. The molecule has 1 amide bonds. The van der Waals surface area contributed by atoms with E-state index in [0.29, 0.717) is 16.6 Å². The third-order valence-corrected chi connectivity index (χ3v) is 4.19. The third kappa shape index (κ3) is 3.81. The second kappa shape index (κ2) is 6.72. The molecule has 19 heavy (non-hydrogen) atoms. The van der Waals surface area contributed by atoms with E-state index < -0.39 is 0 Å². The van der Waals surface area contributed by atoms with Gasteiger partial charge in [0.25, 0.3) is 5.91 Å². The Kier molecular flexibility index (Phi) is 4.98. The van der Waals surface area contributed by atoms with Crippen LogP contribution in [0.4, 0.5) is 10.9 Å². The molecule has 0 bridgehead atoms. The summed E-state index contributed by atoms with van der Waals surface area (Å²) in [5, 5.41) is 6.40. The third-order valence-electron chi connectivity index (χ3n) is 3.10. The smallest absolute Gasteiger partial charge is 0.265 e. The Bertz CT molecular complexity index is 429. The summed E-state index contributed by atoms with van der Waals surface area (Å²) in [6.07, 6.45) is 4.57. The van der Waals surface area contributed by atoms with Gasteiger partial charge in [0.05, 0.1) is 6.10 Å². The molecule has 1 fully saturated rings. The highest BCUT2D eigenvalue weighted by molar-refractivity contribution is 7.18. The van der Waals surface area contributed by atoms with Crippen molar-refractivity contribution < 1.29 is 9.53 Å². The molecule has 1 saturated heterocycles. The lowest BCUT2D eigenvalue weighted by Gasteiger charge is -2.22. The van der Waals surface area contributed by atoms with E-state index in [2.05, 4.69) is 15.6 Å². The van der Waals surface area contributed by atoms with Crippen LogP contribution in [0.5, 0.6) is 0 Å². The van der Waals surface area contributed by atoms with Gasteiger partial charge < -0.3 is 21.1 Å². The number of aromatic nitrogens is 1. The van der Waals surface area contributed by atoms with Crippen LogP contribution in [-0.2, 0) is 4.74 Å². The summed E-state index contributed by atoms with van der Waals surface area (Å²) < 4.78 is 5.61. The molecule has 4 N–H and O–H groups in total. The van der Waals surface area contributed by atoms with Gasteiger partial charge in [-0.2, -0.15) is 0 Å². The summed E-state index contributed by atoms with van der Waals surface area (Å²) in [7, 11) is 1.75. The van der Waals surface area contributed by atoms with Crippen LogP contribution >= 0.6 is 11.3 Å². The van der Waals surface area contributed by atoms with Crippen LogP contribution in [0.2, 0.25) is 0 Å². The lowest BCUT2D eigenvalue weighted by atomic mass is 10.1. The fraction of sp³-hybridized carbons (Fsp3) is 0.667. The van der Waals surface area contributed by atoms with Gasteiger partial charge in [0.2, 0.25) is 0 Å². The molecular weight excluding hydrogens is 264 g/mol. The Balaban J connectivity index is 1.78. The van der Waals surface area contributed by atoms with Crippen LogP contribution in [0.25, 0.3) is 0 Å². The highest BCUT2D eigenvalue weighted by Crippen LogP contribution is 2.24. The summed E-state index contributed by atoms with van der Waals surface area (Å²) in [4.78, 5) is 16.5. The van der Waals surface area contributed by atoms with Crippen LogP contribution in [0.3, 0.4) is 0 Å². The molecule has 1 aromatic heterocycles. The van der Waals surface area contributed by atoms with Gasteiger partial charge in [-0.15, -0.1) is 0 Å². The van der Waals surface area contributed by atoms with Gasteiger partial charge in [-0.3, -0.25) is 4.79 Å². The molecule has 1 aliphatic rings. The first-order valence-corrected chi connectivity index (χ1v) is 7.36. The zero-order valence-corrected chi connectivity index (χ0v) is 11.9. The first kappa shape index (κ1) is 14.1. The van der Waals surface area contributed by atoms with Crippen LogP contribution in [0.15, 0.2) is 0 Å². The van der Waals surface area contributed by atoms with Crippen molar-refractivity contribution in [1.82, 2.24) is 10.3 Å². The number of carbonyl (C=O) groups excluding carboxylic acids is 1. The van der Waals surface area contributed by atoms with Crippen molar-refractivity contribution in [3.8, 4) is 0 Å². The predicted molar refractivity (Wildman–Crippen MR) is 76.6 cm³/mol. The second-order valence-electron chi connectivity index (χ2n) is 4.52. The maximum absolute atomic E-state index is 11.9. The molecule has 7 heteroatoms. The number of anilines is 2. The number of nitrogens with zero attached hydrogens (tertiary/aromatic N) is 1. The minimum Gasteiger partial charge on any atom is -0.382 e. The molecule has 1 atom stereocenters. The Hall–Kier alpha value is -1.34. The molecule has 1 aromatic rings. The van der Waals surface area contributed by atoms with Crippen molar-refractivity contribution in [2.24, 2.45) is 0 Å². The SMILES string of the molecule is CNc1nc(N)c(C(=O)NCCC2CCCCO2)s1. The number of ether oxygens (including phenoxy) is 1. The normalized spacial score (nSPS) is 19.1. The average Bonchev–Trinajstić information content (AvgIpc) is 2.81. The molecular formula is C12H20N4O2S. The molecule has 2 heterocycles. The van der Waals surface area contributed by atoms with Crippen molar-refractivity contribution in [1.29, 1.82) is 0 Å². The van der Waals surface area contributed by atoms with Crippen LogP contribution < -0.4 is 16.4 Å². The predicted octanol–water partition coefficient (Wildman–Crippen LogP) is 1.46. The number of hydrogen-bond acceptors (Lipinski definition) is 6. The number of carbonyl (C=O) groups is 1. The van der Waals surface area contributed by atoms with Gasteiger partial charge in [-0.25, -0.2) is 4.98 Å². The Morgan fingerprint density at radius 2 is 2.42 bits per heavy atom. The molecule has 2 rings (SSSR count). The molecule has 106 valence electrons. The highest BCUT2D eigenvalue weighted by Gasteiger charge is 2.17. The molecule has 0 saturated carbocycles. The van der Waals surface area contributed by atoms with E-state index in [0.717, 1.165) is 25.9 Å². The lowest BCUT2D eigenvalue weighted by molar-refractivity contribution is 0.0117. The maximum atomic E-state index is 11.9. The Morgan fingerprint density at radius 3 is 3.05 bits per heavy atom. The molecule has 1 unspecified atom stereocenters. The molecule has 0 aliphatic carbocycles. The van der Waals surface area contributed by atoms with E-state index in [4.69, 9.17) is 10.5 Å². The maximum Gasteiger partial charge on any atom is 0.265 e. The van der Waals surface area contributed by atoms with Crippen molar-refractivity contribution in [3.63, 3.8) is 0 Å². The van der Waals surface area contributed by atoms with E-state index in [1.165, 1.54) is 17.8 Å². The molecule has 6 nitrogen and oxygen atoms in total. The van der Waals surface area contributed by atoms with E-state index in [1.807, 2.05) is 0 Å². The van der Waals surface area contributed by atoms with Gasteiger partial charge in [-0.1, -0.05) is 11.3 Å². The monoisotopic (exact) mass is 284 g/mol. The number of amides is 1. The first-order chi connectivity index (χ1) is 9.20. The summed E-state index contributed by atoms with van der Waals surface area (Å²) in [5.41, 5.74) is 5.71. The number of thiazole rings is 1. The van der Waals surface area contributed by atoms with Crippen molar-refractivity contribution >= 4 is 28.2 Å². The van der Waals surface area contributed by atoms with Gasteiger partial charge in [0.1, 0.15) is 10.7 Å². The van der Waals surface area contributed by atoms with Crippen molar-refractivity contribution in [3.05, 3.63) is 4.88 Å². The summed E-state index contributed by atoms with van der Waals surface area (Å²) in [5.74, 6) is 0.119. The number of rotatable bonds is 5. The number of nitrogen functional groups attached to an aromatic ring is 1. The van der Waals surface area contributed by atoms with Crippen LogP contribution in [0, 0.1) is 0 Å². The van der Waals surface area contributed by atoms with Gasteiger partial charge in [0.15, 0.2) is 5.13 Å². The standard InChI is InChI=1S/C12H20N4O2S/c1-14-12-16-10(13)9(19-12)11(17)15-6-5-8-4-2-3-7-18-8/h8H,2-7,13H2,1H3,(H,14,16)(H,15,17). The van der Waals surface area contributed by atoms with Gasteiger partial charge >= 0.3 is 0 Å². The number of hydrogen-bond donors (Lipinski definition) is 3. The van der Waals surface area contributed by atoms with Crippen molar-refractivity contribution in [2.75, 3.05) is 31.2 Å². The fourth-order valence-electron chi connectivity index (χ4n) is 2.06. The molecule has 0 spiro atoms. The van der Waals surface area contributed by atoms with Gasteiger partial charge in [-0.05, 0) is 25.7 Å². The topological polar surface area (TPSA) is 89.3 Å². The van der Waals surface area contributed by atoms with E-state index >= 15 is 0 Å². The number of nitrogens with two attached hydrogens (primary N) is 1. The van der Waals surface area contributed by atoms with Crippen LogP contribution in [-0.4, -0.2) is 37.2 Å². The van der Waals surface area contributed by atoms with Gasteiger partial charge in [0, 0.05) is 20.2 Å². The molecule has 0 aromatic carbocycles. The Labute approximate surface area is 116 Å². The fourth-order valence-corrected chi connectivity index (χ4v) is 2.82. The number of nitrogens with one attached hydrogen (secondary N) is 2. The molecule has 0 radical (unpaired) electrons. The summed E-state index contributed by atoms with van der Waals surface area (Å²) in [6, 6.07) is 0. The zero-order chi connectivity index (χ0) is 13.7. The lowest BCUT2D eigenvalue weighted by Crippen LogP contribution is -2.29.